The number of benzene rings is 2. The largest absolute Gasteiger partial charge is 0.298 e. The molecular formula is C20H15ClFNO3S. The molecule has 0 unspecified atom stereocenters. The fraction of sp³-hybridized carbons (Fsp3) is 0.150. The Morgan fingerprint density at radius 1 is 1.11 bits per heavy atom. The normalized spacial score (nSPS) is 13.6. The number of nitrogens with zero attached hydrogens (tertiary/aromatic N) is 1. The van der Waals surface area contributed by atoms with E-state index in [-0.39, 0.29) is 9.92 Å². The van der Waals surface area contributed by atoms with Gasteiger partial charge < -0.3 is 0 Å². The van der Waals surface area contributed by atoms with Crippen LogP contribution in [0.5, 0.6) is 0 Å². The van der Waals surface area contributed by atoms with E-state index in [9.17, 15) is 17.6 Å². The maximum absolute atomic E-state index is 13.5. The molecule has 27 heavy (non-hydrogen) atoms. The number of fused-ring (bicyclic) bond motifs is 3. The molecule has 0 saturated carbocycles. The molecule has 0 amide bonds. The van der Waals surface area contributed by atoms with Crippen molar-refractivity contribution >= 4 is 27.9 Å². The van der Waals surface area contributed by atoms with Crippen LogP contribution in [-0.2, 0) is 22.9 Å². The van der Waals surface area contributed by atoms with E-state index in [4.69, 9.17) is 11.6 Å². The summed E-state index contributed by atoms with van der Waals surface area (Å²) < 4.78 is 41.2. The van der Waals surface area contributed by atoms with E-state index in [1.807, 2.05) is 24.3 Å². The second-order valence-electron chi connectivity index (χ2n) is 6.42. The molecule has 0 saturated heterocycles. The number of hydrogen-bond donors (Lipinski definition) is 0. The number of aldehydes is 1. The van der Waals surface area contributed by atoms with Crippen LogP contribution in [0.25, 0.3) is 11.3 Å². The minimum absolute atomic E-state index is 0.133. The zero-order chi connectivity index (χ0) is 19.2. The lowest BCUT2D eigenvalue weighted by atomic mass is 10.0. The molecule has 3 aromatic rings. The first-order valence-corrected chi connectivity index (χ1v) is 10.2. The molecular weight excluding hydrogens is 389 g/mol. The van der Waals surface area contributed by atoms with Gasteiger partial charge in [-0.1, -0.05) is 35.9 Å². The van der Waals surface area contributed by atoms with Crippen molar-refractivity contribution in [1.29, 1.82) is 0 Å². The van der Waals surface area contributed by atoms with E-state index in [1.54, 1.807) is 0 Å². The molecule has 1 aromatic heterocycles. The lowest BCUT2D eigenvalue weighted by Gasteiger charge is -2.13. The second kappa shape index (κ2) is 6.62. The summed E-state index contributed by atoms with van der Waals surface area (Å²) in [6.45, 7) is 0. The van der Waals surface area contributed by atoms with E-state index in [2.05, 4.69) is 0 Å². The van der Waals surface area contributed by atoms with Crippen LogP contribution in [0.4, 0.5) is 4.39 Å². The Kier molecular flexibility index (Phi) is 4.40. The predicted molar refractivity (Wildman–Crippen MR) is 101 cm³/mol. The van der Waals surface area contributed by atoms with E-state index in [0.717, 1.165) is 40.1 Å². The third-order valence-corrected chi connectivity index (χ3v) is 6.78. The fourth-order valence-corrected chi connectivity index (χ4v) is 5.23. The average molecular weight is 404 g/mol. The molecule has 1 aliphatic carbocycles. The quantitative estimate of drug-likeness (QED) is 0.605. The van der Waals surface area contributed by atoms with Gasteiger partial charge in [-0.15, -0.1) is 0 Å². The topological polar surface area (TPSA) is 56.1 Å². The third kappa shape index (κ3) is 2.89. The van der Waals surface area contributed by atoms with Gasteiger partial charge in [0, 0.05) is 17.3 Å². The summed E-state index contributed by atoms with van der Waals surface area (Å²) >= 11 is 5.79. The van der Waals surface area contributed by atoms with Crippen molar-refractivity contribution in [2.75, 3.05) is 0 Å². The number of rotatable bonds is 3. The van der Waals surface area contributed by atoms with Gasteiger partial charge in [-0.2, -0.15) is 0 Å². The molecule has 0 spiro atoms. The lowest BCUT2D eigenvalue weighted by Crippen LogP contribution is -2.14. The molecule has 0 fully saturated rings. The van der Waals surface area contributed by atoms with Crippen LogP contribution < -0.4 is 0 Å². The smallest absolute Gasteiger partial charge is 0.268 e. The van der Waals surface area contributed by atoms with E-state index >= 15 is 0 Å². The number of aryl methyl sites for hydroxylation is 1. The zero-order valence-corrected chi connectivity index (χ0v) is 15.7. The van der Waals surface area contributed by atoms with Gasteiger partial charge in [0.05, 0.1) is 15.6 Å². The monoisotopic (exact) mass is 403 g/mol. The first-order valence-electron chi connectivity index (χ1n) is 8.42. The minimum atomic E-state index is -4.06. The van der Waals surface area contributed by atoms with Gasteiger partial charge in [-0.05, 0) is 48.6 Å². The number of aromatic nitrogens is 1. The van der Waals surface area contributed by atoms with Crippen molar-refractivity contribution in [3.63, 3.8) is 0 Å². The molecule has 0 aliphatic heterocycles. The molecule has 0 bridgehead atoms. The van der Waals surface area contributed by atoms with Crippen LogP contribution in [-0.4, -0.2) is 18.7 Å². The number of carbonyl (C=O) groups excluding carboxylic acids is 1. The highest BCUT2D eigenvalue weighted by molar-refractivity contribution is 7.90. The summed E-state index contributed by atoms with van der Waals surface area (Å²) in [4.78, 5) is 11.5. The Morgan fingerprint density at radius 3 is 2.63 bits per heavy atom. The van der Waals surface area contributed by atoms with Crippen molar-refractivity contribution < 1.29 is 17.6 Å². The second-order valence-corrected chi connectivity index (χ2v) is 8.64. The summed E-state index contributed by atoms with van der Waals surface area (Å²) in [7, 11) is -4.06. The van der Waals surface area contributed by atoms with E-state index in [0.29, 0.717) is 29.5 Å². The highest BCUT2D eigenvalue weighted by Crippen LogP contribution is 2.37. The molecule has 0 atom stereocenters. The standard InChI is InChI=1S/C20H15ClFNO3S/c21-18-10-15(8-9-19(18)22)27(25,26)23-11-14(12-24)17-7-3-5-13-4-1-2-6-16(13)20(17)23/h1-2,4,6,8-12H,3,5,7H2. The number of carbonyl (C=O) groups is 1. The third-order valence-electron chi connectivity index (χ3n) is 4.83. The molecule has 138 valence electrons. The van der Waals surface area contributed by atoms with Gasteiger partial charge >= 0.3 is 0 Å². The summed E-state index contributed by atoms with van der Waals surface area (Å²) in [6, 6.07) is 10.8. The summed E-state index contributed by atoms with van der Waals surface area (Å²) in [5.74, 6) is -0.694. The summed E-state index contributed by atoms with van der Waals surface area (Å²) in [5, 5.41) is -0.273. The molecule has 2 aromatic carbocycles. The van der Waals surface area contributed by atoms with E-state index in [1.165, 1.54) is 12.3 Å². The predicted octanol–water partition coefficient (Wildman–Crippen LogP) is 4.49. The molecule has 4 nitrogen and oxygen atoms in total. The molecule has 1 heterocycles. The summed E-state index contributed by atoms with van der Waals surface area (Å²) in [6.07, 6.45) is 4.23. The first-order chi connectivity index (χ1) is 12.9. The Labute approximate surface area is 161 Å². The summed E-state index contributed by atoms with van der Waals surface area (Å²) in [5.41, 5.74) is 3.37. The maximum atomic E-state index is 13.5. The van der Waals surface area contributed by atoms with Crippen molar-refractivity contribution in [3.05, 3.63) is 76.2 Å². The van der Waals surface area contributed by atoms with Crippen molar-refractivity contribution in [1.82, 2.24) is 3.97 Å². The molecule has 4 rings (SSSR count). The Balaban J connectivity index is 2.02. The lowest BCUT2D eigenvalue weighted by molar-refractivity contribution is 0.112. The highest BCUT2D eigenvalue weighted by atomic mass is 35.5. The van der Waals surface area contributed by atoms with Gasteiger partial charge in [0.15, 0.2) is 6.29 Å². The van der Waals surface area contributed by atoms with Crippen LogP contribution in [0.15, 0.2) is 53.6 Å². The average Bonchev–Trinajstić information content (AvgIpc) is 2.93. The minimum Gasteiger partial charge on any atom is -0.298 e. The molecule has 1 aliphatic rings. The number of halogens is 2. The van der Waals surface area contributed by atoms with Gasteiger partial charge in [0.1, 0.15) is 5.82 Å². The molecule has 0 N–H and O–H groups in total. The molecule has 7 heteroatoms. The van der Waals surface area contributed by atoms with Crippen molar-refractivity contribution in [2.24, 2.45) is 0 Å². The Morgan fingerprint density at radius 2 is 1.89 bits per heavy atom. The Bertz CT molecular complexity index is 1170. The number of hydrogen-bond acceptors (Lipinski definition) is 3. The van der Waals surface area contributed by atoms with Gasteiger partial charge in [-0.25, -0.2) is 16.8 Å². The van der Waals surface area contributed by atoms with Gasteiger partial charge in [-0.3, -0.25) is 4.79 Å². The highest BCUT2D eigenvalue weighted by Gasteiger charge is 2.28. The van der Waals surface area contributed by atoms with Crippen LogP contribution >= 0.6 is 11.6 Å². The van der Waals surface area contributed by atoms with E-state index < -0.39 is 15.8 Å². The zero-order valence-electron chi connectivity index (χ0n) is 14.2. The van der Waals surface area contributed by atoms with Gasteiger partial charge in [0.2, 0.25) is 0 Å². The van der Waals surface area contributed by atoms with Crippen LogP contribution in [0.1, 0.15) is 27.9 Å². The SMILES string of the molecule is O=Cc1cn(S(=O)(=O)c2ccc(F)c(Cl)c2)c2c1CCCc1ccccc1-2. The van der Waals surface area contributed by atoms with Crippen LogP contribution in [0.3, 0.4) is 0 Å². The van der Waals surface area contributed by atoms with Crippen molar-refractivity contribution in [2.45, 2.75) is 24.2 Å². The van der Waals surface area contributed by atoms with Crippen molar-refractivity contribution in [3.8, 4) is 11.3 Å². The van der Waals surface area contributed by atoms with Crippen LogP contribution in [0, 0.1) is 5.82 Å². The maximum Gasteiger partial charge on any atom is 0.268 e. The fourth-order valence-electron chi connectivity index (χ4n) is 3.55. The first kappa shape index (κ1) is 17.9. The van der Waals surface area contributed by atoms with Crippen LogP contribution in [0.2, 0.25) is 5.02 Å². The van der Waals surface area contributed by atoms with Gasteiger partial charge in [0.25, 0.3) is 10.0 Å². The molecule has 0 radical (unpaired) electrons. The Hall–Kier alpha value is -2.44.